The fourth-order valence-electron chi connectivity index (χ4n) is 3.51. The second-order valence-electron chi connectivity index (χ2n) is 7.33. The van der Waals surface area contributed by atoms with E-state index in [0.717, 1.165) is 26.9 Å². The molecule has 4 aromatic rings. The van der Waals surface area contributed by atoms with E-state index in [2.05, 4.69) is 51.3 Å². The molecule has 0 heterocycles. The minimum atomic E-state index is 0.440. The van der Waals surface area contributed by atoms with Gasteiger partial charge in [0, 0.05) is 11.2 Å². The van der Waals surface area contributed by atoms with Crippen LogP contribution in [0.5, 0.6) is 11.5 Å². The molecule has 0 unspecified atom stereocenters. The number of aliphatic imine (C=N–C) groups is 1. The number of ether oxygens (including phenoxy) is 2. The molecule has 32 heavy (non-hydrogen) atoms. The summed E-state index contributed by atoms with van der Waals surface area (Å²) in [6.45, 7) is 4.89. The first kappa shape index (κ1) is 22.4. The molecule has 0 N–H and O–H groups in total. The van der Waals surface area contributed by atoms with Crippen molar-refractivity contribution in [3.8, 4) is 11.5 Å². The van der Waals surface area contributed by atoms with Crippen molar-refractivity contribution < 1.29 is 9.47 Å². The van der Waals surface area contributed by atoms with E-state index in [4.69, 9.17) is 21.1 Å². The van der Waals surface area contributed by atoms with Crippen LogP contribution in [0.4, 0.5) is 5.69 Å². The Kier molecular flexibility index (Phi) is 7.13. The molecular weight excluding hydrogens is 486 g/mol. The maximum atomic E-state index is 6.23. The molecule has 4 rings (SSSR count). The molecule has 0 saturated carbocycles. The lowest BCUT2D eigenvalue weighted by molar-refractivity contribution is 0.268. The van der Waals surface area contributed by atoms with Crippen LogP contribution in [0.2, 0.25) is 5.02 Å². The average Bonchev–Trinajstić information content (AvgIpc) is 2.80. The first-order chi connectivity index (χ1) is 15.6. The van der Waals surface area contributed by atoms with Gasteiger partial charge in [0.25, 0.3) is 0 Å². The summed E-state index contributed by atoms with van der Waals surface area (Å²) in [5, 5.41) is 3.08. The fraction of sp³-hybridized carbons (Fsp3) is 0.148. The number of hydrogen-bond acceptors (Lipinski definition) is 3. The second-order valence-corrected chi connectivity index (χ2v) is 8.59. The highest BCUT2D eigenvalue weighted by Crippen LogP contribution is 2.38. The van der Waals surface area contributed by atoms with Crippen LogP contribution in [0.15, 0.2) is 82.3 Å². The van der Waals surface area contributed by atoms with Gasteiger partial charge in [0.15, 0.2) is 11.5 Å². The minimum Gasteiger partial charge on any atom is -0.490 e. The van der Waals surface area contributed by atoms with Crippen molar-refractivity contribution in [2.75, 3.05) is 6.61 Å². The third kappa shape index (κ3) is 4.98. The Morgan fingerprint density at radius 2 is 1.75 bits per heavy atom. The molecule has 0 aromatic heterocycles. The Hall–Kier alpha value is -2.82. The SMILES string of the molecule is CCOc1cc(C=Nc2cccc(Cl)c2C)cc(Br)c1OCc1cccc2ccccc12. The van der Waals surface area contributed by atoms with Crippen LogP contribution in [-0.2, 0) is 6.61 Å². The highest BCUT2D eigenvalue weighted by molar-refractivity contribution is 9.10. The van der Waals surface area contributed by atoms with Crippen molar-refractivity contribution in [3.05, 3.63) is 99.0 Å². The predicted molar refractivity (Wildman–Crippen MR) is 137 cm³/mol. The molecule has 4 aromatic carbocycles. The summed E-state index contributed by atoms with van der Waals surface area (Å²) in [4.78, 5) is 4.61. The van der Waals surface area contributed by atoms with E-state index in [9.17, 15) is 0 Å². The monoisotopic (exact) mass is 507 g/mol. The number of benzene rings is 4. The first-order valence-corrected chi connectivity index (χ1v) is 11.6. The Morgan fingerprint density at radius 1 is 0.969 bits per heavy atom. The molecule has 162 valence electrons. The van der Waals surface area contributed by atoms with Crippen molar-refractivity contribution in [2.45, 2.75) is 20.5 Å². The van der Waals surface area contributed by atoms with Crippen LogP contribution >= 0.6 is 27.5 Å². The van der Waals surface area contributed by atoms with Gasteiger partial charge in [-0.05, 0) is 81.5 Å². The number of fused-ring (bicyclic) bond motifs is 1. The lowest BCUT2D eigenvalue weighted by Crippen LogP contribution is -2.02. The molecule has 3 nitrogen and oxygen atoms in total. The molecular formula is C27H23BrClNO2. The molecule has 0 spiro atoms. The van der Waals surface area contributed by atoms with Crippen molar-refractivity contribution in [1.29, 1.82) is 0 Å². The summed E-state index contributed by atoms with van der Waals surface area (Å²) >= 11 is 9.87. The standard InChI is InChI=1S/C27H23BrClNO2/c1-3-31-26-15-19(16-30-25-13-7-12-24(29)18(25)2)14-23(28)27(26)32-17-21-10-6-9-20-8-4-5-11-22(20)21/h4-16H,3,17H2,1-2H3. The summed E-state index contributed by atoms with van der Waals surface area (Å²) in [7, 11) is 0. The fourth-order valence-corrected chi connectivity index (χ4v) is 4.26. The number of nitrogens with zero attached hydrogens (tertiary/aromatic N) is 1. The zero-order chi connectivity index (χ0) is 22.5. The van der Waals surface area contributed by atoms with Crippen molar-refractivity contribution in [3.63, 3.8) is 0 Å². The van der Waals surface area contributed by atoms with E-state index in [1.54, 1.807) is 6.21 Å². The van der Waals surface area contributed by atoms with Gasteiger partial charge in [0.05, 0.1) is 16.8 Å². The van der Waals surface area contributed by atoms with Crippen LogP contribution in [-0.4, -0.2) is 12.8 Å². The van der Waals surface area contributed by atoms with Gasteiger partial charge < -0.3 is 9.47 Å². The third-order valence-electron chi connectivity index (χ3n) is 5.18. The van der Waals surface area contributed by atoms with Crippen molar-refractivity contribution >= 4 is 50.2 Å². The minimum absolute atomic E-state index is 0.440. The van der Waals surface area contributed by atoms with E-state index >= 15 is 0 Å². The van der Waals surface area contributed by atoms with Crippen LogP contribution in [0.1, 0.15) is 23.6 Å². The van der Waals surface area contributed by atoms with E-state index in [1.165, 1.54) is 10.8 Å². The summed E-state index contributed by atoms with van der Waals surface area (Å²) in [6, 6.07) is 24.2. The first-order valence-electron chi connectivity index (χ1n) is 10.4. The number of hydrogen-bond donors (Lipinski definition) is 0. The Balaban J connectivity index is 1.61. The van der Waals surface area contributed by atoms with Gasteiger partial charge in [-0.1, -0.05) is 60.1 Å². The van der Waals surface area contributed by atoms with Crippen LogP contribution in [0.25, 0.3) is 10.8 Å². The molecule has 0 saturated heterocycles. The molecule has 0 aliphatic heterocycles. The molecule has 5 heteroatoms. The lowest BCUT2D eigenvalue weighted by Gasteiger charge is -2.15. The molecule has 0 aliphatic carbocycles. The van der Waals surface area contributed by atoms with E-state index in [0.29, 0.717) is 29.7 Å². The predicted octanol–water partition coefficient (Wildman–Crippen LogP) is 8.29. The summed E-state index contributed by atoms with van der Waals surface area (Å²) < 4.78 is 12.9. The molecule has 0 bridgehead atoms. The van der Waals surface area contributed by atoms with Gasteiger partial charge in [-0.25, -0.2) is 0 Å². The maximum absolute atomic E-state index is 6.23. The zero-order valence-corrected chi connectivity index (χ0v) is 20.3. The molecule has 0 fully saturated rings. The van der Waals surface area contributed by atoms with Gasteiger partial charge in [0.2, 0.25) is 0 Å². The molecule has 0 amide bonds. The molecule has 0 atom stereocenters. The molecule has 0 aliphatic rings. The van der Waals surface area contributed by atoms with Gasteiger partial charge >= 0.3 is 0 Å². The quantitative estimate of drug-likeness (QED) is 0.235. The van der Waals surface area contributed by atoms with E-state index in [-0.39, 0.29) is 0 Å². The van der Waals surface area contributed by atoms with Gasteiger partial charge in [-0.3, -0.25) is 4.99 Å². The maximum Gasteiger partial charge on any atom is 0.175 e. The van der Waals surface area contributed by atoms with Crippen LogP contribution in [0, 0.1) is 6.92 Å². The van der Waals surface area contributed by atoms with Gasteiger partial charge in [0.1, 0.15) is 6.61 Å². The Morgan fingerprint density at radius 3 is 2.59 bits per heavy atom. The summed E-state index contributed by atoms with van der Waals surface area (Å²) in [5.74, 6) is 1.35. The Labute approximate surface area is 201 Å². The summed E-state index contributed by atoms with van der Waals surface area (Å²) in [5.41, 5.74) is 3.81. The van der Waals surface area contributed by atoms with E-state index in [1.807, 2.05) is 56.3 Å². The van der Waals surface area contributed by atoms with Crippen LogP contribution < -0.4 is 9.47 Å². The van der Waals surface area contributed by atoms with Crippen molar-refractivity contribution in [2.24, 2.45) is 4.99 Å². The normalized spacial score (nSPS) is 11.2. The molecule has 0 radical (unpaired) electrons. The zero-order valence-electron chi connectivity index (χ0n) is 17.9. The van der Waals surface area contributed by atoms with E-state index < -0.39 is 0 Å². The van der Waals surface area contributed by atoms with Gasteiger partial charge in [-0.15, -0.1) is 0 Å². The topological polar surface area (TPSA) is 30.8 Å². The third-order valence-corrected chi connectivity index (χ3v) is 6.17. The lowest BCUT2D eigenvalue weighted by atomic mass is 10.1. The second kappa shape index (κ2) is 10.2. The Bertz CT molecular complexity index is 1280. The number of rotatable bonds is 7. The smallest absolute Gasteiger partial charge is 0.175 e. The highest BCUT2D eigenvalue weighted by atomic mass is 79.9. The van der Waals surface area contributed by atoms with Crippen molar-refractivity contribution in [1.82, 2.24) is 0 Å². The van der Waals surface area contributed by atoms with Gasteiger partial charge in [-0.2, -0.15) is 0 Å². The van der Waals surface area contributed by atoms with Crippen LogP contribution in [0.3, 0.4) is 0 Å². The highest BCUT2D eigenvalue weighted by Gasteiger charge is 2.13. The number of halogens is 2. The largest absolute Gasteiger partial charge is 0.490 e. The summed E-state index contributed by atoms with van der Waals surface area (Å²) in [6.07, 6.45) is 1.81. The average molecular weight is 509 g/mol.